The lowest BCUT2D eigenvalue weighted by Crippen LogP contribution is -2.27. The first kappa shape index (κ1) is 16.2. The molecule has 5 heteroatoms. The van der Waals surface area contributed by atoms with Gasteiger partial charge in [0.25, 0.3) is 5.91 Å². The van der Waals surface area contributed by atoms with Gasteiger partial charge in [-0.1, -0.05) is 12.1 Å². The quantitative estimate of drug-likeness (QED) is 0.858. The van der Waals surface area contributed by atoms with E-state index in [1.54, 1.807) is 55.6 Å². The fraction of sp³-hybridized carbons (Fsp3) is 0.263. The second kappa shape index (κ2) is 7.27. The van der Waals surface area contributed by atoms with Gasteiger partial charge >= 0.3 is 0 Å². The van der Waals surface area contributed by atoms with E-state index in [4.69, 9.17) is 9.47 Å². The van der Waals surface area contributed by atoms with Crippen molar-refractivity contribution in [1.29, 1.82) is 0 Å². The molecule has 1 unspecified atom stereocenters. The largest absolute Gasteiger partial charge is 0.497 e. The van der Waals surface area contributed by atoms with Crippen LogP contribution < -0.4 is 10.1 Å². The molecule has 24 heavy (non-hydrogen) atoms. The van der Waals surface area contributed by atoms with E-state index in [9.17, 15) is 9.59 Å². The molecule has 0 aromatic heterocycles. The topological polar surface area (TPSA) is 64.6 Å². The number of nitrogens with one attached hydrogen (secondary N) is 1. The van der Waals surface area contributed by atoms with E-state index in [1.165, 1.54) is 0 Å². The van der Waals surface area contributed by atoms with Gasteiger partial charge in [-0.3, -0.25) is 9.59 Å². The Morgan fingerprint density at radius 2 is 1.88 bits per heavy atom. The van der Waals surface area contributed by atoms with Crippen LogP contribution in [0.4, 0.5) is 5.69 Å². The maximum atomic E-state index is 12.7. The van der Waals surface area contributed by atoms with Crippen LogP contribution in [-0.4, -0.2) is 31.5 Å². The second-order valence-corrected chi connectivity index (χ2v) is 5.59. The van der Waals surface area contributed by atoms with E-state index in [0.717, 1.165) is 6.42 Å². The SMILES string of the molecule is COc1ccc(C(=O)c2ccccc2NC(=O)C2CCCO2)cc1. The maximum absolute atomic E-state index is 12.7. The molecule has 0 saturated carbocycles. The molecule has 0 aliphatic carbocycles. The lowest BCUT2D eigenvalue weighted by molar-refractivity contribution is -0.124. The molecule has 1 saturated heterocycles. The number of methoxy groups -OCH3 is 1. The molecule has 124 valence electrons. The number of benzene rings is 2. The predicted octanol–water partition coefficient (Wildman–Crippen LogP) is 3.04. The average molecular weight is 325 g/mol. The summed E-state index contributed by atoms with van der Waals surface area (Å²) >= 11 is 0. The third kappa shape index (κ3) is 3.46. The van der Waals surface area contributed by atoms with Gasteiger partial charge in [0.05, 0.1) is 12.8 Å². The number of carbonyl (C=O) groups excluding carboxylic acids is 2. The van der Waals surface area contributed by atoms with Crippen molar-refractivity contribution < 1.29 is 19.1 Å². The molecular formula is C19H19NO4. The summed E-state index contributed by atoms with van der Waals surface area (Å²) in [6.07, 6.45) is 1.15. The van der Waals surface area contributed by atoms with Gasteiger partial charge in [0.1, 0.15) is 11.9 Å². The number of ether oxygens (including phenoxy) is 2. The van der Waals surface area contributed by atoms with Crippen LogP contribution in [0.3, 0.4) is 0 Å². The Bertz CT molecular complexity index is 733. The number of rotatable bonds is 5. The highest BCUT2D eigenvalue weighted by molar-refractivity contribution is 6.14. The molecule has 1 fully saturated rings. The molecule has 0 spiro atoms. The van der Waals surface area contributed by atoms with E-state index in [0.29, 0.717) is 35.6 Å². The van der Waals surface area contributed by atoms with Crippen molar-refractivity contribution in [3.63, 3.8) is 0 Å². The van der Waals surface area contributed by atoms with Gasteiger partial charge in [-0.2, -0.15) is 0 Å². The molecule has 1 amide bonds. The Kier molecular flexibility index (Phi) is 4.91. The molecule has 1 aliphatic heterocycles. The number of carbonyl (C=O) groups is 2. The molecule has 1 aliphatic rings. The average Bonchev–Trinajstić information content (AvgIpc) is 3.16. The van der Waals surface area contributed by atoms with Crippen LogP contribution in [0.5, 0.6) is 5.75 Å². The number of anilines is 1. The van der Waals surface area contributed by atoms with Crippen LogP contribution in [-0.2, 0) is 9.53 Å². The summed E-state index contributed by atoms with van der Waals surface area (Å²) in [7, 11) is 1.58. The minimum Gasteiger partial charge on any atom is -0.497 e. The van der Waals surface area contributed by atoms with Gasteiger partial charge in [-0.25, -0.2) is 0 Å². The maximum Gasteiger partial charge on any atom is 0.253 e. The number of para-hydroxylation sites is 1. The number of amides is 1. The number of ketones is 1. The van der Waals surface area contributed by atoms with E-state index in [2.05, 4.69) is 5.32 Å². The third-order valence-electron chi connectivity index (χ3n) is 4.00. The second-order valence-electron chi connectivity index (χ2n) is 5.59. The Hall–Kier alpha value is -2.66. The highest BCUT2D eigenvalue weighted by atomic mass is 16.5. The smallest absolute Gasteiger partial charge is 0.253 e. The van der Waals surface area contributed by atoms with Crippen molar-refractivity contribution in [1.82, 2.24) is 0 Å². The van der Waals surface area contributed by atoms with Gasteiger partial charge < -0.3 is 14.8 Å². The van der Waals surface area contributed by atoms with Crippen LogP contribution in [0.15, 0.2) is 48.5 Å². The lowest BCUT2D eigenvalue weighted by atomic mass is 10.0. The fourth-order valence-electron chi connectivity index (χ4n) is 2.69. The zero-order chi connectivity index (χ0) is 16.9. The van der Waals surface area contributed by atoms with E-state index < -0.39 is 6.10 Å². The zero-order valence-corrected chi connectivity index (χ0v) is 13.5. The Morgan fingerprint density at radius 1 is 1.12 bits per heavy atom. The van der Waals surface area contributed by atoms with Gasteiger partial charge in [0.15, 0.2) is 5.78 Å². The molecule has 3 rings (SSSR count). The van der Waals surface area contributed by atoms with Crippen LogP contribution in [0.25, 0.3) is 0 Å². The van der Waals surface area contributed by atoms with Crippen molar-refractivity contribution in [3.8, 4) is 5.75 Å². The van der Waals surface area contributed by atoms with Crippen LogP contribution in [0.1, 0.15) is 28.8 Å². The predicted molar refractivity (Wildman–Crippen MR) is 90.5 cm³/mol. The number of hydrogen-bond donors (Lipinski definition) is 1. The van der Waals surface area contributed by atoms with Crippen molar-refractivity contribution in [2.45, 2.75) is 18.9 Å². The molecule has 1 N–H and O–H groups in total. The molecule has 1 heterocycles. The standard InChI is InChI=1S/C19H19NO4/c1-23-14-10-8-13(9-11-14)18(21)15-5-2-3-6-16(15)20-19(22)17-7-4-12-24-17/h2-3,5-6,8-11,17H,4,7,12H2,1H3,(H,20,22). The minimum atomic E-state index is -0.436. The van der Waals surface area contributed by atoms with Crippen LogP contribution in [0.2, 0.25) is 0 Å². The summed E-state index contributed by atoms with van der Waals surface area (Å²) in [5, 5.41) is 2.82. The van der Waals surface area contributed by atoms with E-state index in [1.807, 2.05) is 0 Å². The fourth-order valence-corrected chi connectivity index (χ4v) is 2.69. The molecule has 2 aromatic rings. The summed E-state index contributed by atoms with van der Waals surface area (Å²) in [4.78, 5) is 25.0. The van der Waals surface area contributed by atoms with Gasteiger partial charge in [-0.15, -0.1) is 0 Å². The van der Waals surface area contributed by atoms with E-state index >= 15 is 0 Å². The zero-order valence-electron chi connectivity index (χ0n) is 13.5. The molecule has 2 aromatic carbocycles. The Balaban J connectivity index is 1.82. The van der Waals surface area contributed by atoms with E-state index in [-0.39, 0.29) is 11.7 Å². The first-order valence-corrected chi connectivity index (χ1v) is 7.89. The molecular weight excluding hydrogens is 306 g/mol. The first-order valence-electron chi connectivity index (χ1n) is 7.89. The summed E-state index contributed by atoms with van der Waals surface area (Å²) < 4.78 is 10.5. The molecule has 0 bridgehead atoms. The number of hydrogen-bond acceptors (Lipinski definition) is 4. The first-order chi connectivity index (χ1) is 11.7. The monoisotopic (exact) mass is 325 g/mol. The normalized spacial score (nSPS) is 16.6. The van der Waals surface area contributed by atoms with Crippen molar-refractivity contribution in [2.24, 2.45) is 0 Å². The molecule has 0 radical (unpaired) electrons. The minimum absolute atomic E-state index is 0.152. The lowest BCUT2D eigenvalue weighted by Gasteiger charge is -2.13. The molecule has 1 atom stereocenters. The summed E-state index contributed by atoms with van der Waals surface area (Å²) in [5.41, 5.74) is 1.49. The highest BCUT2D eigenvalue weighted by Gasteiger charge is 2.25. The third-order valence-corrected chi connectivity index (χ3v) is 4.00. The van der Waals surface area contributed by atoms with Crippen LogP contribution in [0, 0.1) is 0 Å². The Labute approximate surface area is 140 Å². The summed E-state index contributed by atoms with van der Waals surface area (Å²) in [5.74, 6) is 0.329. The van der Waals surface area contributed by atoms with Crippen molar-refractivity contribution >= 4 is 17.4 Å². The summed E-state index contributed by atoms with van der Waals surface area (Å²) in [6.45, 7) is 0.602. The molecule has 5 nitrogen and oxygen atoms in total. The van der Waals surface area contributed by atoms with Crippen molar-refractivity contribution in [2.75, 3.05) is 19.0 Å². The summed E-state index contributed by atoms with van der Waals surface area (Å²) in [6, 6.07) is 13.9. The Morgan fingerprint density at radius 3 is 2.54 bits per heavy atom. The van der Waals surface area contributed by atoms with Gasteiger partial charge in [-0.05, 0) is 49.2 Å². The van der Waals surface area contributed by atoms with Crippen molar-refractivity contribution in [3.05, 3.63) is 59.7 Å². The van der Waals surface area contributed by atoms with Gasteiger partial charge in [0, 0.05) is 17.7 Å². The van der Waals surface area contributed by atoms with Gasteiger partial charge in [0.2, 0.25) is 0 Å². The highest BCUT2D eigenvalue weighted by Crippen LogP contribution is 2.22. The van der Waals surface area contributed by atoms with Crippen LogP contribution >= 0.6 is 0 Å².